The normalized spacial score (nSPS) is 15.7. The number of carbonyl (C=O) groups excluding carboxylic acids is 1. The smallest absolute Gasteiger partial charge is 0.335 e. The topological polar surface area (TPSA) is 71.3 Å². The molecule has 1 fully saturated rings. The number of hydrogen-bond donors (Lipinski definition) is 2. The number of carbonyl (C=O) groups is 2. The van der Waals surface area contributed by atoms with Crippen LogP contribution in [0.3, 0.4) is 0 Å². The van der Waals surface area contributed by atoms with Crippen molar-refractivity contribution in [3.05, 3.63) is 57.2 Å². The lowest BCUT2D eigenvalue weighted by atomic mass is 10.1. The minimum absolute atomic E-state index is 0.179. The van der Waals surface area contributed by atoms with Gasteiger partial charge in [0.25, 0.3) is 5.91 Å². The van der Waals surface area contributed by atoms with E-state index in [1.807, 2.05) is 39.0 Å². The van der Waals surface area contributed by atoms with E-state index >= 15 is 0 Å². The van der Waals surface area contributed by atoms with Gasteiger partial charge in [0.05, 0.1) is 10.5 Å². The van der Waals surface area contributed by atoms with Crippen LogP contribution in [0.15, 0.2) is 29.2 Å². The van der Waals surface area contributed by atoms with Gasteiger partial charge in [-0.3, -0.25) is 4.79 Å². The van der Waals surface area contributed by atoms with Crippen LogP contribution in [0, 0.1) is 20.8 Å². The van der Waals surface area contributed by atoms with Crippen molar-refractivity contribution in [2.24, 2.45) is 0 Å². The Morgan fingerprint density at radius 3 is 2.56 bits per heavy atom. The highest BCUT2D eigenvalue weighted by atomic mass is 32.2. The number of nitrogens with one attached hydrogen (secondary N) is 1. The number of hydrogen-bond acceptors (Lipinski definition) is 4. The summed E-state index contributed by atoms with van der Waals surface area (Å²) in [5, 5.41) is 11.7. The number of carboxylic acid groups (broad SMARTS) is 1. The molecular weight excluding hydrogens is 356 g/mol. The first-order chi connectivity index (χ1) is 11.8. The van der Waals surface area contributed by atoms with E-state index in [1.54, 1.807) is 12.1 Å². The Morgan fingerprint density at radius 2 is 2.00 bits per heavy atom. The SMILES string of the molecule is Cc1cc(C(=O)O)ccc1-n1c(C)cc(/C=C2/SC(=S)NC2=O)c1C. The lowest BCUT2D eigenvalue weighted by Gasteiger charge is -2.13. The van der Waals surface area contributed by atoms with Gasteiger partial charge in [-0.25, -0.2) is 4.79 Å². The summed E-state index contributed by atoms with van der Waals surface area (Å²) < 4.78 is 2.52. The second-order valence-electron chi connectivity index (χ2n) is 5.82. The van der Waals surface area contributed by atoms with E-state index in [0.717, 1.165) is 28.2 Å². The maximum absolute atomic E-state index is 11.9. The van der Waals surface area contributed by atoms with Crippen LogP contribution in [0.5, 0.6) is 0 Å². The third kappa shape index (κ3) is 3.25. The molecule has 0 saturated carbocycles. The van der Waals surface area contributed by atoms with Gasteiger partial charge in [0.2, 0.25) is 0 Å². The monoisotopic (exact) mass is 372 g/mol. The standard InChI is InChI=1S/C18H16N2O3S2/c1-9-6-12(17(22)23)4-5-14(9)20-10(2)7-13(11(20)3)8-15-16(21)19-18(24)25-15/h4-8H,1-3H3,(H,22,23)(H,19,21,24)/b15-8+. The van der Waals surface area contributed by atoms with Gasteiger partial charge in [0.1, 0.15) is 4.32 Å². The molecule has 5 nitrogen and oxygen atoms in total. The highest BCUT2D eigenvalue weighted by Gasteiger charge is 2.23. The molecule has 3 rings (SSSR count). The van der Waals surface area contributed by atoms with Crippen LogP contribution >= 0.6 is 24.0 Å². The molecule has 0 radical (unpaired) electrons. The quantitative estimate of drug-likeness (QED) is 0.636. The summed E-state index contributed by atoms with van der Waals surface area (Å²) in [5.41, 5.74) is 4.96. The molecule has 2 heterocycles. The van der Waals surface area contributed by atoms with Crippen LogP contribution in [-0.4, -0.2) is 25.9 Å². The number of thiocarbonyl (C=S) groups is 1. The fraction of sp³-hybridized carbons (Fsp3) is 0.167. The number of benzene rings is 1. The number of thioether (sulfide) groups is 1. The predicted molar refractivity (Wildman–Crippen MR) is 103 cm³/mol. The van der Waals surface area contributed by atoms with Gasteiger partial charge in [0.15, 0.2) is 0 Å². The molecule has 7 heteroatoms. The molecule has 1 saturated heterocycles. The van der Waals surface area contributed by atoms with Crippen LogP contribution in [0.4, 0.5) is 0 Å². The number of aryl methyl sites for hydroxylation is 2. The minimum Gasteiger partial charge on any atom is -0.478 e. The van der Waals surface area contributed by atoms with Crippen molar-refractivity contribution in [1.29, 1.82) is 0 Å². The van der Waals surface area contributed by atoms with Gasteiger partial charge >= 0.3 is 5.97 Å². The summed E-state index contributed by atoms with van der Waals surface area (Å²) in [4.78, 5) is 23.6. The molecular formula is C18H16N2O3S2. The Morgan fingerprint density at radius 1 is 1.28 bits per heavy atom. The molecule has 25 heavy (non-hydrogen) atoms. The summed E-state index contributed by atoms with van der Waals surface area (Å²) in [5.74, 6) is -1.12. The average molecular weight is 372 g/mol. The fourth-order valence-corrected chi connectivity index (χ4v) is 3.94. The molecule has 1 aliphatic rings. The van der Waals surface area contributed by atoms with Crippen molar-refractivity contribution in [2.45, 2.75) is 20.8 Å². The van der Waals surface area contributed by atoms with E-state index in [-0.39, 0.29) is 11.5 Å². The molecule has 0 aliphatic carbocycles. The first-order valence-electron chi connectivity index (χ1n) is 7.56. The molecule has 0 spiro atoms. The zero-order chi connectivity index (χ0) is 18.3. The second kappa shape index (κ2) is 6.50. The number of carboxylic acids is 1. The average Bonchev–Trinajstić information content (AvgIpc) is 2.99. The molecule has 1 aromatic heterocycles. The molecule has 2 aromatic rings. The zero-order valence-corrected chi connectivity index (χ0v) is 15.5. The van der Waals surface area contributed by atoms with Crippen LogP contribution in [0.1, 0.15) is 32.9 Å². The summed E-state index contributed by atoms with van der Waals surface area (Å²) in [7, 11) is 0. The zero-order valence-electron chi connectivity index (χ0n) is 13.9. The van der Waals surface area contributed by atoms with Crippen LogP contribution < -0.4 is 5.32 Å². The lowest BCUT2D eigenvalue weighted by Crippen LogP contribution is -2.17. The summed E-state index contributed by atoms with van der Waals surface area (Å²) in [6.45, 7) is 5.84. The number of aromatic nitrogens is 1. The lowest BCUT2D eigenvalue weighted by molar-refractivity contribution is -0.115. The maximum Gasteiger partial charge on any atom is 0.335 e. The molecule has 1 aromatic carbocycles. The van der Waals surface area contributed by atoms with Crippen LogP contribution in [-0.2, 0) is 4.79 Å². The Kier molecular flexibility index (Phi) is 4.53. The van der Waals surface area contributed by atoms with Crippen molar-refractivity contribution in [3.8, 4) is 5.69 Å². The number of nitrogens with zero attached hydrogens (tertiary/aromatic N) is 1. The van der Waals surface area contributed by atoms with Crippen molar-refractivity contribution in [2.75, 3.05) is 0 Å². The Bertz CT molecular complexity index is 957. The highest BCUT2D eigenvalue weighted by molar-refractivity contribution is 8.26. The molecule has 0 unspecified atom stereocenters. The summed E-state index contributed by atoms with van der Waals surface area (Å²) in [6.07, 6.45) is 1.83. The largest absolute Gasteiger partial charge is 0.478 e. The van der Waals surface area contributed by atoms with Crippen molar-refractivity contribution in [3.63, 3.8) is 0 Å². The van der Waals surface area contributed by atoms with E-state index in [9.17, 15) is 9.59 Å². The molecule has 128 valence electrons. The van der Waals surface area contributed by atoms with Gasteiger partial charge in [-0.1, -0.05) is 24.0 Å². The molecule has 2 N–H and O–H groups in total. The second-order valence-corrected chi connectivity index (χ2v) is 7.54. The number of rotatable bonds is 3. The number of amides is 1. The van der Waals surface area contributed by atoms with E-state index in [2.05, 4.69) is 9.88 Å². The van der Waals surface area contributed by atoms with Crippen LogP contribution in [0.25, 0.3) is 11.8 Å². The van der Waals surface area contributed by atoms with Crippen LogP contribution in [0.2, 0.25) is 0 Å². The van der Waals surface area contributed by atoms with E-state index < -0.39 is 5.97 Å². The highest BCUT2D eigenvalue weighted by Crippen LogP contribution is 2.30. The molecule has 0 atom stereocenters. The Labute approximate surface area is 154 Å². The molecule has 1 aliphatic heterocycles. The number of aromatic carboxylic acids is 1. The van der Waals surface area contributed by atoms with Gasteiger partial charge in [-0.2, -0.15) is 0 Å². The first kappa shape index (κ1) is 17.4. The summed E-state index contributed by atoms with van der Waals surface area (Å²) >= 11 is 6.27. The first-order valence-corrected chi connectivity index (χ1v) is 8.78. The van der Waals surface area contributed by atoms with E-state index in [1.165, 1.54) is 11.8 Å². The summed E-state index contributed by atoms with van der Waals surface area (Å²) in [6, 6.07) is 7.07. The van der Waals surface area contributed by atoms with Crippen molar-refractivity contribution in [1.82, 2.24) is 9.88 Å². The van der Waals surface area contributed by atoms with Crippen molar-refractivity contribution >= 4 is 46.3 Å². The van der Waals surface area contributed by atoms with Gasteiger partial charge in [-0.05, 0) is 62.2 Å². The van der Waals surface area contributed by atoms with Gasteiger partial charge in [-0.15, -0.1) is 0 Å². The Balaban J connectivity index is 2.07. The third-order valence-corrected chi connectivity index (χ3v) is 5.25. The maximum atomic E-state index is 11.9. The van der Waals surface area contributed by atoms with Crippen molar-refractivity contribution < 1.29 is 14.7 Å². The molecule has 0 bridgehead atoms. The van der Waals surface area contributed by atoms with Gasteiger partial charge < -0.3 is 15.0 Å². The predicted octanol–water partition coefficient (Wildman–Crippen LogP) is 3.59. The molecule has 1 amide bonds. The third-order valence-electron chi connectivity index (χ3n) is 4.08. The van der Waals surface area contributed by atoms with E-state index in [0.29, 0.717) is 9.23 Å². The Hall–Kier alpha value is -2.38. The van der Waals surface area contributed by atoms with E-state index in [4.69, 9.17) is 17.3 Å². The fourth-order valence-electron chi connectivity index (χ4n) is 2.91. The minimum atomic E-state index is -0.943. The van der Waals surface area contributed by atoms with Gasteiger partial charge in [0, 0.05) is 17.1 Å².